The van der Waals surface area contributed by atoms with E-state index in [9.17, 15) is 71.5 Å². The quantitative estimate of drug-likeness (QED) is 0.0786. The van der Waals surface area contributed by atoms with Crippen LogP contribution in [0.3, 0.4) is 0 Å². The van der Waals surface area contributed by atoms with Gasteiger partial charge in [-0.1, -0.05) is 0 Å². The van der Waals surface area contributed by atoms with Gasteiger partial charge in [0.25, 0.3) is 0 Å². The molecule has 0 spiro atoms. The summed E-state index contributed by atoms with van der Waals surface area (Å²) in [6.45, 7) is -4.64. The Morgan fingerprint density at radius 2 is 0.720 bits per heavy atom. The molecule has 0 aromatic rings. The van der Waals surface area contributed by atoms with Gasteiger partial charge >= 0.3 is 0 Å². The van der Waals surface area contributed by atoms with E-state index < -0.39 is 169 Å². The van der Waals surface area contributed by atoms with Crippen LogP contribution in [0.15, 0.2) is 0 Å². The topological polar surface area (TPSA) is 377 Å². The predicted molar refractivity (Wildman–Crippen MR) is 151 cm³/mol. The van der Waals surface area contributed by atoms with Crippen LogP contribution in [-0.2, 0) is 37.9 Å². The lowest BCUT2D eigenvalue weighted by Gasteiger charge is -2.49. The molecule has 4 aliphatic heterocycles. The molecule has 1 unspecified atom stereocenters. The highest BCUT2D eigenvalue weighted by atomic mass is 16.8. The molecule has 15 N–H and O–H groups in total. The molecule has 4 aliphatic rings. The Morgan fingerprint density at radius 1 is 0.400 bits per heavy atom. The van der Waals surface area contributed by atoms with Crippen molar-refractivity contribution in [3.05, 3.63) is 0 Å². The molecule has 4 fully saturated rings. The summed E-state index contributed by atoms with van der Waals surface area (Å²) in [6, 6.07) is 0. The van der Waals surface area contributed by atoms with E-state index in [4.69, 9.17) is 43.0 Å². The van der Waals surface area contributed by atoms with Crippen LogP contribution < -0.4 is 0 Å². The fourth-order valence-corrected chi connectivity index (χ4v) is 5.93. The molecule has 294 valence electrons. The summed E-state index contributed by atoms with van der Waals surface area (Å²) in [5.41, 5.74) is 0. The lowest BCUT2D eigenvalue weighted by molar-refractivity contribution is -0.388. The molecule has 4 rings (SSSR count). The first-order chi connectivity index (χ1) is 23.7. The van der Waals surface area contributed by atoms with Crippen molar-refractivity contribution >= 4 is 0 Å². The minimum Gasteiger partial charge on any atom is -0.394 e. The summed E-state index contributed by atoms with van der Waals surface area (Å²) in [5, 5.41) is 153. The third kappa shape index (κ3) is 8.88. The zero-order chi connectivity index (χ0) is 37.0. The molecule has 21 atom stereocenters. The van der Waals surface area contributed by atoms with Crippen LogP contribution in [0.2, 0.25) is 0 Å². The maximum Gasteiger partial charge on any atom is 0.187 e. The normalized spacial score (nSPS) is 49.5. The van der Waals surface area contributed by atoms with Crippen molar-refractivity contribution < 1.29 is 114 Å². The average molecular weight is 741 g/mol. The van der Waals surface area contributed by atoms with Crippen LogP contribution in [0.1, 0.15) is 0 Å². The number of hydrogen-bond acceptors (Lipinski definition) is 23. The van der Waals surface area contributed by atoms with Crippen molar-refractivity contribution in [1.29, 1.82) is 0 Å². The Balaban J connectivity index is 1.41. The van der Waals surface area contributed by atoms with Gasteiger partial charge < -0.3 is 114 Å². The van der Waals surface area contributed by atoms with Crippen molar-refractivity contribution in [3.8, 4) is 0 Å². The van der Waals surface area contributed by atoms with Gasteiger partial charge in [0.2, 0.25) is 0 Å². The molecule has 0 radical (unpaired) electrons. The Labute approximate surface area is 283 Å². The van der Waals surface area contributed by atoms with E-state index in [1.165, 1.54) is 0 Å². The van der Waals surface area contributed by atoms with Crippen molar-refractivity contribution in [2.45, 2.75) is 129 Å². The van der Waals surface area contributed by atoms with Crippen LogP contribution in [0.5, 0.6) is 0 Å². The number of aliphatic hydroxyl groups is 15. The molecule has 4 saturated heterocycles. The van der Waals surface area contributed by atoms with Gasteiger partial charge in [-0.25, -0.2) is 0 Å². The highest BCUT2D eigenvalue weighted by Gasteiger charge is 2.55. The Kier molecular flexibility index (Phi) is 15.4. The molecule has 0 aromatic carbocycles. The fraction of sp³-hybridized carbons (Fsp3) is 1.00. The molecule has 0 aliphatic carbocycles. The van der Waals surface area contributed by atoms with Crippen LogP contribution in [0, 0.1) is 0 Å². The molecule has 0 amide bonds. The number of hydrogen-bond donors (Lipinski definition) is 15. The molecular formula is C27H48O23. The predicted octanol–water partition coefficient (Wildman–Crippen LogP) is -10.4. The van der Waals surface area contributed by atoms with Gasteiger partial charge in [-0.3, -0.25) is 0 Å². The van der Waals surface area contributed by atoms with Gasteiger partial charge in [0.05, 0.1) is 39.6 Å². The van der Waals surface area contributed by atoms with Gasteiger partial charge in [0.15, 0.2) is 25.2 Å². The average Bonchev–Trinajstić information content (AvgIpc) is 3.11. The monoisotopic (exact) mass is 740 g/mol. The summed E-state index contributed by atoms with van der Waals surface area (Å²) in [4.78, 5) is 0. The van der Waals surface area contributed by atoms with Gasteiger partial charge in [-0.2, -0.15) is 0 Å². The van der Waals surface area contributed by atoms with Gasteiger partial charge in [-0.05, 0) is 0 Å². The highest BCUT2D eigenvalue weighted by Crippen LogP contribution is 2.34. The second-order valence-corrected chi connectivity index (χ2v) is 12.3. The Morgan fingerprint density at radius 3 is 1.08 bits per heavy atom. The largest absolute Gasteiger partial charge is 0.394 e. The molecule has 0 aromatic heterocycles. The fourth-order valence-electron chi connectivity index (χ4n) is 5.93. The summed E-state index contributed by atoms with van der Waals surface area (Å²) in [6.07, 6.45) is -36.7. The van der Waals surface area contributed by atoms with E-state index in [0.29, 0.717) is 0 Å². The summed E-state index contributed by atoms with van der Waals surface area (Å²) in [7, 11) is 0. The van der Waals surface area contributed by atoms with E-state index in [2.05, 4.69) is 0 Å². The number of ether oxygens (including phenoxy) is 8. The maximum absolute atomic E-state index is 11.0. The van der Waals surface area contributed by atoms with Crippen LogP contribution in [0.4, 0.5) is 0 Å². The molecule has 23 heteroatoms. The zero-order valence-electron chi connectivity index (χ0n) is 26.3. The first kappa shape index (κ1) is 41.8. The van der Waals surface area contributed by atoms with Gasteiger partial charge in [0, 0.05) is 0 Å². The van der Waals surface area contributed by atoms with E-state index in [0.717, 1.165) is 0 Å². The number of aliphatic hydroxyl groups excluding tert-OH is 15. The third-order valence-corrected chi connectivity index (χ3v) is 8.85. The molecule has 4 heterocycles. The first-order valence-electron chi connectivity index (χ1n) is 15.8. The Hall–Kier alpha value is -0.920. The second kappa shape index (κ2) is 18.4. The molecular weight excluding hydrogens is 692 g/mol. The third-order valence-electron chi connectivity index (χ3n) is 8.85. The molecule has 0 saturated carbocycles. The zero-order valence-corrected chi connectivity index (χ0v) is 26.3. The SMILES string of the molecule is OCC(O)CO[C@H]1O[C@H](CO)[C@@H](O[C@H]2O[C@H](CO)[C@@H](O[C@H]3O[C@H](CO)[C@@H](O[C@H]4O[C@H](CO)[C@@H](O)[C@H](O)[C@H]4O)[C@H](O)[C@H]3O)[C@H](O)[C@H]2O)[C@H](O)[C@H]1O. The molecule has 23 nitrogen and oxygen atoms in total. The number of rotatable bonds is 14. The van der Waals surface area contributed by atoms with E-state index in [-0.39, 0.29) is 0 Å². The highest BCUT2D eigenvalue weighted by molar-refractivity contribution is 4.98. The summed E-state index contributed by atoms with van der Waals surface area (Å²) >= 11 is 0. The van der Waals surface area contributed by atoms with Crippen molar-refractivity contribution in [2.75, 3.05) is 39.6 Å². The van der Waals surface area contributed by atoms with E-state index in [1.54, 1.807) is 0 Å². The maximum atomic E-state index is 11.0. The van der Waals surface area contributed by atoms with Crippen LogP contribution in [-0.4, -0.2) is 245 Å². The molecule has 0 bridgehead atoms. The van der Waals surface area contributed by atoms with Gasteiger partial charge in [-0.15, -0.1) is 0 Å². The van der Waals surface area contributed by atoms with Crippen LogP contribution >= 0.6 is 0 Å². The van der Waals surface area contributed by atoms with Crippen LogP contribution in [0.25, 0.3) is 0 Å². The lowest BCUT2D eigenvalue weighted by atomic mass is 9.95. The summed E-state index contributed by atoms with van der Waals surface area (Å²) < 4.78 is 43.5. The van der Waals surface area contributed by atoms with Gasteiger partial charge in [0.1, 0.15) is 104 Å². The first-order valence-corrected chi connectivity index (χ1v) is 15.8. The molecule has 50 heavy (non-hydrogen) atoms. The summed E-state index contributed by atoms with van der Waals surface area (Å²) in [5.74, 6) is 0. The smallest absolute Gasteiger partial charge is 0.187 e. The minimum absolute atomic E-state index is 0.508. The van der Waals surface area contributed by atoms with E-state index in [1.807, 2.05) is 0 Å². The van der Waals surface area contributed by atoms with Crippen molar-refractivity contribution in [2.24, 2.45) is 0 Å². The van der Waals surface area contributed by atoms with E-state index >= 15 is 0 Å². The minimum atomic E-state index is -2.04. The Bertz CT molecular complexity index is 1010. The van der Waals surface area contributed by atoms with Crippen molar-refractivity contribution in [1.82, 2.24) is 0 Å². The standard InChI is InChI=1S/C27H48O23/c28-1-7(33)6-43-24-18(40)14(36)21(9(3-30)45-24)49-26-20(42)16(38)23(11(5-32)47-26)50-27-19(41)15(37)22(10(4-31)46-27)48-25-17(39)13(35)12(34)8(2-29)44-25/h7-42H,1-6H2/t7?,8-,9-,10-,11-,12-,13+,14-,15-,16-,17-,18-,19-,20-,21-,22-,23-,24+,25-,26-,27-/m1/s1. The van der Waals surface area contributed by atoms with Crippen molar-refractivity contribution in [3.63, 3.8) is 0 Å². The second-order valence-electron chi connectivity index (χ2n) is 12.3. The lowest BCUT2D eigenvalue weighted by Crippen LogP contribution is -2.67.